The molecule has 1 aromatic heterocycles. The van der Waals surface area contributed by atoms with Crippen molar-refractivity contribution in [1.29, 1.82) is 0 Å². The fourth-order valence-electron chi connectivity index (χ4n) is 3.10. The van der Waals surface area contributed by atoms with Gasteiger partial charge < -0.3 is 10.6 Å². The second-order valence-corrected chi connectivity index (χ2v) is 9.13. The van der Waals surface area contributed by atoms with E-state index in [1.54, 1.807) is 12.4 Å². The number of aliphatic imine (C=N–C) groups is 1. The molecule has 162 valence electrons. The number of nitrogens with one attached hydrogen (secondary N) is 2. The van der Waals surface area contributed by atoms with Crippen molar-refractivity contribution in [3.8, 4) is 0 Å². The van der Waals surface area contributed by atoms with Gasteiger partial charge in [-0.2, -0.15) is 0 Å². The van der Waals surface area contributed by atoms with Crippen LogP contribution < -0.4 is 10.6 Å². The fourth-order valence-corrected chi connectivity index (χ4v) is 3.43. The van der Waals surface area contributed by atoms with Crippen LogP contribution in [0.5, 0.6) is 0 Å². The molecule has 0 aliphatic carbocycles. The van der Waals surface area contributed by atoms with Crippen LogP contribution in [0.4, 0.5) is 11.5 Å². The molecule has 6 heteroatoms. The molecule has 3 rings (SSSR count). The Morgan fingerprint density at radius 1 is 1.13 bits per heavy atom. The number of anilines is 2. The molecule has 0 atom stereocenters. The Labute approximate surface area is 189 Å². The largest absolute Gasteiger partial charge is 0.347 e. The van der Waals surface area contributed by atoms with E-state index in [1.165, 1.54) is 5.56 Å². The van der Waals surface area contributed by atoms with Crippen molar-refractivity contribution >= 4 is 35.2 Å². The highest BCUT2D eigenvalue weighted by atomic mass is 35.5. The Hall–Kier alpha value is -2.92. The Morgan fingerprint density at radius 3 is 2.52 bits per heavy atom. The summed E-state index contributed by atoms with van der Waals surface area (Å²) in [6.07, 6.45) is 6.97. The maximum absolute atomic E-state index is 12.5. The topological polar surface area (TPSA) is 66.4 Å². The minimum atomic E-state index is -0.298. The number of carbonyl (C=O) groups is 1. The van der Waals surface area contributed by atoms with Crippen molar-refractivity contribution in [1.82, 2.24) is 10.3 Å². The van der Waals surface area contributed by atoms with Crippen LogP contribution >= 0.6 is 11.6 Å². The van der Waals surface area contributed by atoms with E-state index < -0.39 is 0 Å². The van der Waals surface area contributed by atoms with Gasteiger partial charge in [0.05, 0.1) is 5.03 Å². The van der Waals surface area contributed by atoms with Crippen molar-refractivity contribution in [3.05, 3.63) is 76.1 Å². The minimum Gasteiger partial charge on any atom is -0.347 e. The maximum Gasteiger partial charge on any atom is 0.271 e. The molecular weight excluding hydrogens is 408 g/mol. The number of benzene rings is 1. The Kier molecular flexibility index (Phi) is 7.29. The van der Waals surface area contributed by atoms with Crippen LogP contribution in [-0.4, -0.2) is 17.1 Å². The van der Waals surface area contributed by atoms with Crippen LogP contribution in [0.2, 0.25) is 0 Å². The summed E-state index contributed by atoms with van der Waals surface area (Å²) < 4.78 is 0. The van der Waals surface area contributed by atoms with Gasteiger partial charge in [0.1, 0.15) is 11.5 Å². The van der Waals surface area contributed by atoms with Crippen LogP contribution in [0.3, 0.4) is 0 Å². The number of hydrogen-bond donors (Lipinski definition) is 2. The zero-order chi connectivity index (χ0) is 22.4. The van der Waals surface area contributed by atoms with Gasteiger partial charge in [-0.3, -0.25) is 9.79 Å². The lowest BCUT2D eigenvalue weighted by molar-refractivity contribution is -0.117. The predicted octanol–water partition coefficient (Wildman–Crippen LogP) is 6.00. The maximum atomic E-state index is 12.5. The number of hydrogen-bond acceptors (Lipinski definition) is 4. The molecule has 31 heavy (non-hydrogen) atoms. The van der Waals surface area contributed by atoms with Gasteiger partial charge in [0.2, 0.25) is 0 Å². The smallest absolute Gasteiger partial charge is 0.271 e. The lowest BCUT2D eigenvalue weighted by Gasteiger charge is -2.19. The third kappa shape index (κ3) is 6.53. The molecule has 0 saturated heterocycles. The molecule has 2 N–H and O–H groups in total. The number of nitrogens with zero attached hydrogens (tertiary/aromatic N) is 2. The summed E-state index contributed by atoms with van der Waals surface area (Å²) in [5.74, 6) is 0.447. The second kappa shape index (κ2) is 9.92. The Morgan fingerprint density at radius 2 is 1.87 bits per heavy atom. The predicted molar refractivity (Wildman–Crippen MR) is 129 cm³/mol. The van der Waals surface area contributed by atoms with Gasteiger partial charge in [-0.1, -0.05) is 56.1 Å². The third-order valence-corrected chi connectivity index (χ3v) is 5.29. The quantitative estimate of drug-likeness (QED) is 0.604. The van der Waals surface area contributed by atoms with E-state index in [4.69, 9.17) is 11.6 Å². The molecule has 0 radical (unpaired) electrons. The van der Waals surface area contributed by atoms with Gasteiger partial charge in [-0.15, -0.1) is 0 Å². The number of carbonyl (C=O) groups excluding carboxylic acids is 1. The molecule has 1 aliphatic rings. The van der Waals surface area contributed by atoms with Crippen LogP contribution in [-0.2, 0) is 16.8 Å². The standard InChI is InChI=1S/C25H29ClN4O/c1-17-6-5-13-27-23(21(26)14-17)24(31)29-16-18-7-12-22(28-15-18)30-20-10-8-19(9-11-20)25(2,3)4/h7-15H,5-6,16H2,1-4H3,(H,28,30)(H,29,31)/b17-14+,23-21+,27-13-. The molecule has 0 bridgehead atoms. The average Bonchev–Trinajstić information content (AvgIpc) is 2.71. The zero-order valence-electron chi connectivity index (χ0n) is 18.5. The first-order valence-electron chi connectivity index (χ1n) is 10.4. The van der Waals surface area contributed by atoms with Gasteiger partial charge >= 0.3 is 0 Å². The molecule has 1 amide bonds. The summed E-state index contributed by atoms with van der Waals surface area (Å²) in [5, 5.41) is 6.53. The highest BCUT2D eigenvalue weighted by Crippen LogP contribution is 2.24. The molecule has 2 heterocycles. The summed E-state index contributed by atoms with van der Waals surface area (Å²) in [5.41, 5.74) is 4.65. The Bertz CT molecular complexity index is 1010. The molecule has 0 spiro atoms. The van der Waals surface area contributed by atoms with Crippen molar-refractivity contribution in [2.75, 3.05) is 5.32 Å². The SMILES string of the molecule is C\C1=C/C(Cl)=C(C(=O)NCc2ccc(Nc3ccc(C(C)(C)C)cc3)nc2)\N=C/CC1. The zero-order valence-corrected chi connectivity index (χ0v) is 19.3. The first kappa shape index (κ1) is 22.8. The highest BCUT2D eigenvalue weighted by Gasteiger charge is 2.14. The van der Waals surface area contributed by atoms with Gasteiger partial charge in [0.15, 0.2) is 0 Å². The summed E-state index contributed by atoms with van der Waals surface area (Å²) >= 11 is 6.27. The molecule has 1 aliphatic heterocycles. The van der Waals surface area contributed by atoms with E-state index in [9.17, 15) is 4.79 Å². The average molecular weight is 437 g/mol. The normalized spacial score (nSPS) is 19.6. The first-order valence-corrected chi connectivity index (χ1v) is 10.8. The third-order valence-electron chi connectivity index (χ3n) is 5.00. The summed E-state index contributed by atoms with van der Waals surface area (Å²) in [4.78, 5) is 21.2. The molecule has 5 nitrogen and oxygen atoms in total. The van der Waals surface area contributed by atoms with Gasteiger partial charge in [-0.25, -0.2) is 4.98 Å². The summed E-state index contributed by atoms with van der Waals surface area (Å²) in [6.45, 7) is 8.93. The van der Waals surface area contributed by atoms with Crippen LogP contribution in [0.1, 0.15) is 51.7 Å². The second-order valence-electron chi connectivity index (χ2n) is 8.72. The first-order chi connectivity index (χ1) is 14.7. The van der Waals surface area contributed by atoms with E-state index in [0.717, 1.165) is 35.5 Å². The van der Waals surface area contributed by atoms with E-state index in [-0.39, 0.29) is 17.0 Å². The van der Waals surface area contributed by atoms with Crippen LogP contribution in [0.15, 0.2) is 70.0 Å². The summed E-state index contributed by atoms with van der Waals surface area (Å²) in [6, 6.07) is 12.2. The lowest BCUT2D eigenvalue weighted by atomic mass is 9.87. The molecule has 0 saturated carbocycles. The van der Waals surface area contributed by atoms with Crippen molar-refractivity contribution in [2.24, 2.45) is 4.99 Å². The number of halogens is 1. The lowest BCUT2D eigenvalue weighted by Crippen LogP contribution is -2.24. The monoisotopic (exact) mass is 436 g/mol. The van der Waals surface area contributed by atoms with E-state index >= 15 is 0 Å². The van der Waals surface area contributed by atoms with Crippen molar-refractivity contribution < 1.29 is 4.79 Å². The Balaban J connectivity index is 1.59. The highest BCUT2D eigenvalue weighted by molar-refractivity contribution is 6.33. The van der Waals surface area contributed by atoms with Gasteiger partial charge in [-0.05, 0) is 60.6 Å². The van der Waals surface area contributed by atoms with E-state index in [0.29, 0.717) is 11.6 Å². The fraction of sp³-hybridized carbons (Fsp3) is 0.320. The number of amides is 1. The van der Waals surface area contributed by atoms with Crippen LogP contribution in [0.25, 0.3) is 0 Å². The minimum absolute atomic E-state index is 0.125. The molecule has 2 aromatic rings. The molecule has 0 unspecified atom stereocenters. The number of aromatic nitrogens is 1. The van der Waals surface area contributed by atoms with Crippen molar-refractivity contribution in [3.63, 3.8) is 0 Å². The van der Waals surface area contributed by atoms with E-state index in [1.807, 2.05) is 25.1 Å². The number of pyridine rings is 1. The van der Waals surface area contributed by atoms with Gasteiger partial charge in [0, 0.05) is 24.6 Å². The summed E-state index contributed by atoms with van der Waals surface area (Å²) in [7, 11) is 0. The van der Waals surface area contributed by atoms with E-state index in [2.05, 4.69) is 65.6 Å². The van der Waals surface area contributed by atoms with Gasteiger partial charge in [0.25, 0.3) is 5.91 Å². The van der Waals surface area contributed by atoms with Crippen LogP contribution in [0, 0.1) is 0 Å². The number of rotatable bonds is 5. The van der Waals surface area contributed by atoms with Crippen molar-refractivity contribution in [2.45, 2.75) is 52.5 Å². The molecule has 1 aromatic carbocycles. The number of allylic oxidation sites excluding steroid dienone is 3. The molecular formula is C25H29ClN4O. The molecule has 0 fully saturated rings.